The van der Waals surface area contributed by atoms with Crippen molar-refractivity contribution in [3.63, 3.8) is 0 Å². The molecule has 1 saturated carbocycles. The van der Waals surface area contributed by atoms with Crippen LogP contribution in [0.1, 0.15) is 59.8 Å². The van der Waals surface area contributed by atoms with Crippen LogP contribution in [-0.4, -0.2) is 24.8 Å². The normalized spacial score (nSPS) is 28.3. The van der Waals surface area contributed by atoms with Gasteiger partial charge in [-0.3, -0.25) is 0 Å². The number of rotatable bonds is 6. The van der Waals surface area contributed by atoms with Crippen LogP contribution in [0, 0.1) is 5.92 Å². The Morgan fingerprint density at radius 3 is 2.50 bits per heavy atom. The van der Waals surface area contributed by atoms with Gasteiger partial charge in [0.05, 0.1) is 12.2 Å². The molecule has 0 amide bonds. The van der Waals surface area contributed by atoms with E-state index in [2.05, 4.69) is 33.0 Å². The second-order valence-electron chi connectivity index (χ2n) is 5.47. The van der Waals surface area contributed by atoms with Crippen LogP contribution < -0.4 is 5.32 Å². The number of nitrogens with one attached hydrogen (secondary N) is 1. The van der Waals surface area contributed by atoms with E-state index >= 15 is 0 Å². The highest BCUT2D eigenvalue weighted by molar-refractivity contribution is 4.82. The molecule has 1 N–H and O–H groups in total. The fraction of sp³-hybridized carbons (Fsp3) is 1.00. The first-order valence-corrected chi connectivity index (χ1v) is 7.04. The highest BCUT2D eigenvalue weighted by atomic mass is 16.5. The van der Waals surface area contributed by atoms with E-state index in [0.29, 0.717) is 24.2 Å². The van der Waals surface area contributed by atoms with Crippen molar-refractivity contribution in [2.45, 2.75) is 78.0 Å². The summed E-state index contributed by atoms with van der Waals surface area (Å²) in [5.41, 5.74) is 0. The molecule has 16 heavy (non-hydrogen) atoms. The molecule has 0 heterocycles. The maximum atomic E-state index is 6.20. The van der Waals surface area contributed by atoms with Gasteiger partial charge in [0.2, 0.25) is 0 Å². The molecule has 2 nitrogen and oxygen atoms in total. The van der Waals surface area contributed by atoms with E-state index in [1.54, 1.807) is 0 Å². The zero-order valence-corrected chi connectivity index (χ0v) is 11.5. The molecule has 2 heteroatoms. The summed E-state index contributed by atoms with van der Waals surface area (Å²) in [6.07, 6.45) is 7.25. The topological polar surface area (TPSA) is 21.3 Å². The van der Waals surface area contributed by atoms with Crippen molar-refractivity contribution < 1.29 is 4.74 Å². The van der Waals surface area contributed by atoms with Gasteiger partial charge in [0.15, 0.2) is 0 Å². The van der Waals surface area contributed by atoms with Crippen molar-refractivity contribution in [1.82, 2.24) is 5.32 Å². The number of hydrogen-bond acceptors (Lipinski definition) is 2. The van der Waals surface area contributed by atoms with E-state index in [-0.39, 0.29) is 0 Å². The minimum absolute atomic E-state index is 0.383. The number of hydrogen-bond donors (Lipinski definition) is 1. The molecule has 0 aliphatic heterocycles. The largest absolute Gasteiger partial charge is 0.373 e. The first-order chi connectivity index (χ1) is 7.65. The van der Waals surface area contributed by atoms with E-state index in [0.717, 1.165) is 6.54 Å². The Balaban J connectivity index is 2.40. The summed E-state index contributed by atoms with van der Waals surface area (Å²) in [5.74, 6) is 0.619. The molecular weight excluding hydrogens is 198 g/mol. The van der Waals surface area contributed by atoms with Crippen LogP contribution in [0.4, 0.5) is 0 Å². The standard InChI is InChI=1S/C14H29NO/c1-5-10-15-13-8-6-7-9-14(13)16-12(4)11(2)3/h11-15H,5-10H2,1-4H3. The van der Waals surface area contributed by atoms with Crippen molar-refractivity contribution in [3.05, 3.63) is 0 Å². The summed E-state index contributed by atoms with van der Waals surface area (Å²) in [5, 5.41) is 3.64. The van der Waals surface area contributed by atoms with E-state index in [4.69, 9.17) is 4.74 Å². The van der Waals surface area contributed by atoms with Crippen LogP contribution in [0.2, 0.25) is 0 Å². The number of ether oxygens (including phenoxy) is 1. The van der Waals surface area contributed by atoms with E-state index in [1.165, 1.54) is 32.1 Å². The lowest BCUT2D eigenvalue weighted by Crippen LogP contribution is -2.45. The lowest BCUT2D eigenvalue weighted by Gasteiger charge is -2.35. The molecule has 0 radical (unpaired) electrons. The lowest BCUT2D eigenvalue weighted by molar-refractivity contribution is -0.0566. The molecule has 0 aromatic rings. The molecule has 0 bridgehead atoms. The van der Waals surface area contributed by atoms with Gasteiger partial charge in [0.1, 0.15) is 0 Å². The van der Waals surface area contributed by atoms with Crippen LogP contribution >= 0.6 is 0 Å². The highest BCUT2D eigenvalue weighted by Crippen LogP contribution is 2.23. The molecule has 0 aromatic carbocycles. The third-order valence-electron chi connectivity index (χ3n) is 3.69. The molecule has 96 valence electrons. The van der Waals surface area contributed by atoms with Crippen molar-refractivity contribution >= 4 is 0 Å². The molecule has 1 aliphatic rings. The van der Waals surface area contributed by atoms with Gasteiger partial charge < -0.3 is 10.1 Å². The van der Waals surface area contributed by atoms with Crippen molar-refractivity contribution in [2.24, 2.45) is 5.92 Å². The molecule has 0 aromatic heterocycles. The van der Waals surface area contributed by atoms with Crippen LogP contribution in [0.3, 0.4) is 0 Å². The average molecular weight is 227 g/mol. The van der Waals surface area contributed by atoms with Crippen molar-refractivity contribution in [2.75, 3.05) is 6.54 Å². The third kappa shape index (κ3) is 4.42. The Labute approximate surface area is 101 Å². The molecule has 0 saturated heterocycles. The van der Waals surface area contributed by atoms with Gasteiger partial charge in [-0.15, -0.1) is 0 Å². The highest BCUT2D eigenvalue weighted by Gasteiger charge is 2.27. The van der Waals surface area contributed by atoms with E-state index < -0.39 is 0 Å². The van der Waals surface area contributed by atoms with Crippen LogP contribution in [0.5, 0.6) is 0 Å². The summed E-state index contributed by atoms with van der Waals surface area (Å²) in [4.78, 5) is 0. The van der Waals surface area contributed by atoms with Gasteiger partial charge >= 0.3 is 0 Å². The van der Waals surface area contributed by atoms with Crippen LogP contribution in [0.25, 0.3) is 0 Å². The molecule has 1 rings (SSSR count). The summed E-state index contributed by atoms with van der Waals surface area (Å²) in [6, 6.07) is 0.592. The molecule has 3 unspecified atom stereocenters. The zero-order chi connectivity index (χ0) is 12.0. The Morgan fingerprint density at radius 1 is 1.19 bits per heavy atom. The van der Waals surface area contributed by atoms with Crippen molar-refractivity contribution in [3.8, 4) is 0 Å². The molecule has 0 spiro atoms. The smallest absolute Gasteiger partial charge is 0.0731 e. The summed E-state index contributed by atoms with van der Waals surface area (Å²) in [6.45, 7) is 10.0. The fourth-order valence-electron chi connectivity index (χ4n) is 2.26. The maximum absolute atomic E-state index is 6.20. The first kappa shape index (κ1) is 14.0. The Bertz CT molecular complexity index is 182. The van der Waals surface area contributed by atoms with E-state index in [9.17, 15) is 0 Å². The summed E-state index contributed by atoms with van der Waals surface area (Å²) < 4.78 is 6.20. The van der Waals surface area contributed by atoms with Gasteiger partial charge in [0, 0.05) is 6.04 Å². The lowest BCUT2D eigenvalue weighted by atomic mass is 9.92. The monoisotopic (exact) mass is 227 g/mol. The van der Waals surface area contributed by atoms with Gasteiger partial charge in [-0.05, 0) is 38.6 Å². The fourth-order valence-corrected chi connectivity index (χ4v) is 2.26. The minimum Gasteiger partial charge on any atom is -0.373 e. The Kier molecular flexibility index (Phi) is 6.37. The molecular formula is C14H29NO. The maximum Gasteiger partial charge on any atom is 0.0731 e. The van der Waals surface area contributed by atoms with Crippen LogP contribution in [-0.2, 0) is 4.74 Å². The minimum atomic E-state index is 0.383. The van der Waals surface area contributed by atoms with Crippen LogP contribution in [0.15, 0.2) is 0 Å². The second-order valence-corrected chi connectivity index (χ2v) is 5.47. The van der Waals surface area contributed by atoms with Crippen molar-refractivity contribution in [1.29, 1.82) is 0 Å². The van der Waals surface area contributed by atoms with Gasteiger partial charge in [-0.1, -0.05) is 33.6 Å². The van der Waals surface area contributed by atoms with Gasteiger partial charge in [0.25, 0.3) is 0 Å². The van der Waals surface area contributed by atoms with Gasteiger partial charge in [-0.2, -0.15) is 0 Å². The summed E-state index contributed by atoms with van der Waals surface area (Å²) in [7, 11) is 0. The van der Waals surface area contributed by atoms with E-state index in [1.807, 2.05) is 0 Å². The van der Waals surface area contributed by atoms with Gasteiger partial charge in [-0.25, -0.2) is 0 Å². The predicted molar refractivity (Wildman–Crippen MR) is 69.7 cm³/mol. The third-order valence-corrected chi connectivity index (χ3v) is 3.69. The average Bonchev–Trinajstić information content (AvgIpc) is 2.27. The summed E-state index contributed by atoms with van der Waals surface area (Å²) >= 11 is 0. The zero-order valence-electron chi connectivity index (χ0n) is 11.5. The Morgan fingerprint density at radius 2 is 1.88 bits per heavy atom. The SMILES string of the molecule is CCCNC1CCCCC1OC(C)C(C)C. The quantitative estimate of drug-likeness (QED) is 0.751. The molecule has 3 atom stereocenters. The Hall–Kier alpha value is -0.0800. The molecule has 1 fully saturated rings. The molecule has 1 aliphatic carbocycles. The predicted octanol–water partition coefficient (Wildman–Crippen LogP) is 3.36. The second kappa shape index (κ2) is 7.29. The first-order valence-electron chi connectivity index (χ1n) is 7.04.